The average molecular weight is 427 g/mol. The van der Waals surface area contributed by atoms with Crippen LogP contribution in [0.4, 0.5) is 0 Å². The Morgan fingerprint density at radius 3 is 2.54 bits per heavy atom. The number of nitrogens with zero attached hydrogens (tertiary/aromatic N) is 1. The summed E-state index contributed by atoms with van der Waals surface area (Å²) in [5, 5.41) is 3.35. The third-order valence-corrected chi connectivity index (χ3v) is 7.03. The highest BCUT2D eigenvalue weighted by molar-refractivity contribution is 7.89. The lowest BCUT2D eigenvalue weighted by Gasteiger charge is -2.26. The molecule has 1 amide bonds. The molecule has 1 aromatic rings. The van der Waals surface area contributed by atoms with Crippen molar-refractivity contribution in [3.63, 3.8) is 0 Å². The van der Waals surface area contributed by atoms with Gasteiger partial charge in [-0.1, -0.05) is 32.3 Å². The summed E-state index contributed by atoms with van der Waals surface area (Å²) in [5.74, 6) is -0.437. The number of hydrazine groups is 1. The first-order valence-corrected chi connectivity index (χ1v) is 11.7. The van der Waals surface area contributed by atoms with Crippen LogP contribution in [-0.4, -0.2) is 43.4 Å². The van der Waals surface area contributed by atoms with Gasteiger partial charge in [0.2, 0.25) is 10.0 Å². The number of aryl methyl sites for hydroxylation is 1. The zero-order valence-corrected chi connectivity index (χ0v) is 18.2. The largest absolute Gasteiger partial charge is 0.361 e. The lowest BCUT2D eigenvalue weighted by molar-refractivity contribution is 0.0943. The van der Waals surface area contributed by atoms with Crippen molar-refractivity contribution in [2.45, 2.75) is 57.3 Å². The van der Waals surface area contributed by atoms with E-state index in [9.17, 15) is 13.2 Å². The van der Waals surface area contributed by atoms with E-state index in [0.29, 0.717) is 23.8 Å². The van der Waals surface area contributed by atoms with Crippen molar-refractivity contribution >= 4 is 33.3 Å². The number of hydrogen-bond donors (Lipinski definition) is 3. The number of sulfonamides is 1. The fourth-order valence-electron chi connectivity index (χ4n) is 3.07. The predicted octanol–water partition coefficient (Wildman–Crippen LogP) is 2.47. The topological polar surface area (TPSA) is 90.5 Å². The van der Waals surface area contributed by atoms with Gasteiger partial charge in [0.1, 0.15) is 0 Å². The summed E-state index contributed by atoms with van der Waals surface area (Å²) in [6.45, 7) is 5.65. The van der Waals surface area contributed by atoms with Crippen LogP contribution in [0, 0.1) is 6.92 Å². The number of piperidine rings is 1. The van der Waals surface area contributed by atoms with Crippen LogP contribution in [0.1, 0.15) is 61.4 Å². The van der Waals surface area contributed by atoms with E-state index < -0.39 is 15.9 Å². The summed E-state index contributed by atoms with van der Waals surface area (Å²) in [4.78, 5) is 12.6. The van der Waals surface area contributed by atoms with Crippen LogP contribution >= 0.6 is 12.2 Å². The number of thiocarbonyl (C=S) groups is 1. The van der Waals surface area contributed by atoms with Crippen LogP contribution in [0.3, 0.4) is 0 Å². The van der Waals surface area contributed by atoms with Crippen LogP contribution in [0.15, 0.2) is 23.1 Å². The molecule has 7 nitrogen and oxygen atoms in total. The molecule has 0 aromatic heterocycles. The SMILES string of the molecule is CCCCCNC(=S)NNC(=O)c1ccc(C)c(S(=O)(=O)N2CCCCC2)c1. The van der Waals surface area contributed by atoms with Gasteiger partial charge in [-0.3, -0.25) is 15.6 Å². The van der Waals surface area contributed by atoms with Crippen LogP contribution in [0.2, 0.25) is 0 Å². The molecule has 1 aliphatic rings. The minimum absolute atomic E-state index is 0.183. The maximum atomic E-state index is 13.0. The smallest absolute Gasteiger partial charge is 0.269 e. The first-order chi connectivity index (χ1) is 13.4. The second-order valence-corrected chi connectivity index (χ2v) is 9.30. The molecule has 28 heavy (non-hydrogen) atoms. The molecule has 1 fully saturated rings. The Balaban J connectivity index is 2.01. The third kappa shape index (κ3) is 6.15. The third-order valence-electron chi connectivity index (χ3n) is 4.74. The number of benzene rings is 1. The Bertz CT molecular complexity index is 790. The van der Waals surface area contributed by atoms with Gasteiger partial charge in [-0.2, -0.15) is 4.31 Å². The van der Waals surface area contributed by atoms with E-state index in [1.165, 1.54) is 10.4 Å². The minimum atomic E-state index is -3.60. The van der Waals surface area contributed by atoms with E-state index >= 15 is 0 Å². The lowest BCUT2D eigenvalue weighted by atomic mass is 10.1. The molecule has 0 aliphatic carbocycles. The molecule has 0 spiro atoms. The monoisotopic (exact) mass is 426 g/mol. The van der Waals surface area contributed by atoms with Gasteiger partial charge in [-0.05, 0) is 56.1 Å². The molecule has 1 saturated heterocycles. The van der Waals surface area contributed by atoms with Crippen LogP contribution in [0.5, 0.6) is 0 Å². The van der Waals surface area contributed by atoms with E-state index in [-0.39, 0.29) is 10.5 Å². The average Bonchev–Trinajstić information content (AvgIpc) is 2.70. The van der Waals surface area contributed by atoms with Gasteiger partial charge < -0.3 is 5.32 Å². The molecule has 1 heterocycles. The van der Waals surface area contributed by atoms with Gasteiger partial charge in [0.15, 0.2) is 5.11 Å². The highest BCUT2D eigenvalue weighted by atomic mass is 32.2. The molecule has 0 unspecified atom stereocenters. The van der Waals surface area contributed by atoms with Crippen molar-refractivity contribution in [2.75, 3.05) is 19.6 Å². The van der Waals surface area contributed by atoms with E-state index in [0.717, 1.165) is 45.1 Å². The van der Waals surface area contributed by atoms with Gasteiger partial charge in [-0.15, -0.1) is 0 Å². The van der Waals surface area contributed by atoms with Gasteiger partial charge in [0, 0.05) is 25.2 Å². The van der Waals surface area contributed by atoms with Crippen LogP contribution < -0.4 is 16.2 Å². The van der Waals surface area contributed by atoms with Crippen molar-refractivity contribution in [1.82, 2.24) is 20.5 Å². The predicted molar refractivity (Wildman–Crippen MR) is 115 cm³/mol. The second kappa shape index (κ2) is 10.7. The number of amides is 1. The van der Waals surface area contributed by atoms with Crippen molar-refractivity contribution in [1.29, 1.82) is 0 Å². The molecule has 1 aromatic carbocycles. The Labute approximate surface area is 173 Å². The summed E-state index contributed by atoms with van der Waals surface area (Å²) in [6, 6.07) is 4.71. The molecule has 0 radical (unpaired) electrons. The van der Waals surface area contributed by atoms with Crippen molar-refractivity contribution in [2.24, 2.45) is 0 Å². The van der Waals surface area contributed by atoms with Gasteiger partial charge in [-0.25, -0.2) is 8.42 Å². The second-order valence-electron chi connectivity index (χ2n) is 6.99. The van der Waals surface area contributed by atoms with Crippen LogP contribution in [0.25, 0.3) is 0 Å². The van der Waals surface area contributed by atoms with Crippen molar-refractivity contribution in [3.05, 3.63) is 29.3 Å². The van der Waals surface area contributed by atoms with Gasteiger partial charge >= 0.3 is 0 Å². The number of rotatable bonds is 7. The highest BCUT2D eigenvalue weighted by Crippen LogP contribution is 2.24. The van der Waals surface area contributed by atoms with E-state index in [1.54, 1.807) is 19.1 Å². The van der Waals surface area contributed by atoms with Gasteiger partial charge in [0.25, 0.3) is 5.91 Å². The first-order valence-electron chi connectivity index (χ1n) is 9.81. The minimum Gasteiger partial charge on any atom is -0.361 e. The quantitative estimate of drug-likeness (QED) is 0.353. The number of carbonyl (C=O) groups is 1. The van der Waals surface area contributed by atoms with E-state index in [2.05, 4.69) is 23.1 Å². The number of carbonyl (C=O) groups excluding carboxylic acids is 1. The molecular weight excluding hydrogens is 396 g/mol. The Hall–Kier alpha value is -1.71. The summed E-state index contributed by atoms with van der Waals surface area (Å²) in [6.07, 6.45) is 6.01. The normalized spacial score (nSPS) is 15.1. The molecule has 3 N–H and O–H groups in total. The summed E-state index contributed by atoms with van der Waals surface area (Å²) in [7, 11) is -3.60. The molecular formula is C19H30N4O3S2. The summed E-state index contributed by atoms with van der Waals surface area (Å²) < 4.78 is 27.4. The highest BCUT2D eigenvalue weighted by Gasteiger charge is 2.28. The molecule has 1 aliphatic heterocycles. The lowest BCUT2D eigenvalue weighted by Crippen LogP contribution is -2.47. The zero-order valence-electron chi connectivity index (χ0n) is 16.6. The molecule has 2 rings (SSSR count). The summed E-state index contributed by atoms with van der Waals surface area (Å²) >= 11 is 5.12. The van der Waals surface area contributed by atoms with Crippen molar-refractivity contribution < 1.29 is 13.2 Å². The van der Waals surface area contributed by atoms with E-state index in [4.69, 9.17) is 12.2 Å². The molecule has 9 heteroatoms. The zero-order chi connectivity index (χ0) is 20.6. The Kier molecular flexibility index (Phi) is 8.65. The van der Waals surface area contributed by atoms with Crippen molar-refractivity contribution in [3.8, 4) is 0 Å². The number of nitrogens with one attached hydrogen (secondary N) is 3. The fraction of sp³-hybridized carbons (Fsp3) is 0.579. The standard InChI is InChI=1S/C19H30N4O3S2/c1-3-4-6-11-20-19(27)22-21-18(24)16-10-9-15(2)17(14-16)28(25,26)23-12-7-5-8-13-23/h9-10,14H,3-8,11-13H2,1-2H3,(H,21,24)(H2,20,22,27). The Morgan fingerprint density at radius 2 is 1.86 bits per heavy atom. The maximum absolute atomic E-state index is 13.0. The maximum Gasteiger partial charge on any atom is 0.269 e. The summed E-state index contributed by atoms with van der Waals surface area (Å²) in [5.41, 5.74) is 6.07. The molecule has 0 bridgehead atoms. The molecule has 156 valence electrons. The fourth-order valence-corrected chi connectivity index (χ4v) is 4.99. The number of unbranched alkanes of at least 4 members (excludes halogenated alkanes) is 2. The number of hydrogen-bond acceptors (Lipinski definition) is 4. The first kappa shape index (κ1) is 22.6. The molecule has 0 saturated carbocycles. The van der Waals surface area contributed by atoms with E-state index in [1.807, 2.05) is 0 Å². The molecule has 0 atom stereocenters. The Morgan fingerprint density at radius 1 is 1.14 bits per heavy atom. The van der Waals surface area contributed by atoms with Gasteiger partial charge in [0.05, 0.1) is 4.90 Å². The van der Waals surface area contributed by atoms with Crippen LogP contribution in [-0.2, 0) is 10.0 Å².